The highest BCUT2D eigenvalue weighted by Crippen LogP contribution is 2.18. The molecule has 0 saturated carbocycles. The van der Waals surface area contributed by atoms with Crippen LogP contribution in [0.15, 0.2) is 53.4 Å². The Labute approximate surface area is 194 Å². The summed E-state index contributed by atoms with van der Waals surface area (Å²) in [5, 5.41) is 2.80. The standard InChI is InChI=1S/C24H30N2O6S/c1-2-3-16-32-24(28)20-7-9-21(10-8-20)25-23(27)13-6-19-4-11-22(12-5-19)33(29,30)26-14-17-31-18-15-26/h4-5,7-12H,2-3,6,13-18H2,1H3,(H,25,27). The maximum Gasteiger partial charge on any atom is 0.338 e. The summed E-state index contributed by atoms with van der Waals surface area (Å²) in [4.78, 5) is 24.5. The number of ether oxygens (including phenoxy) is 2. The Balaban J connectivity index is 1.48. The Morgan fingerprint density at radius 1 is 1.03 bits per heavy atom. The lowest BCUT2D eigenvalue weighted by Crippen LogP contribution is -2.40. The maximum atomic E-state index is 12.7. The van der Waals surface area contributed by atoms with Gasteiger partial charge in [-0.2, -0.15) is 4.31 Å². The van der Waals surface area contributed by atoms with E-state index in [2.05, 4.69) is 5.32 Å². The van der Waals surface area contributed by atoms with E-state index in [-0.39, 0.29) is 23.2 Å². The van der Waals surface area contributed by atoms with Crippen LogP contribution in [0.1, 0.15) is 42.1 Å². The molecule has 2 aromatic rings. The lowest BCUT2D eigenvalue weighted by molar-refractivity contribution is -0.116. The van der Waals surface area contributed by atoms with Crippen molar-refractivity contribution in [1.82, 2.24) is 4.31 Å². The van der Waals surface area contributed by atoms with E-state index in [4.69, 9.17) is 9.47 Å². The fraction of sp³-hybridized carbons (Fsp3) is 0.417. The summed E-state index contributed by atoms with van der Waals surface area (Å²) < 4.78 is 37.2. The average molecular weight is 475 g/mol. The van der Waals surface area contributed by atoms with E-state index in [1.807, 2.05) is 6.92 Å². The van der Waals surface area contributed by atoms with Crippen LogP contribution in [0.3, 0.4) is 0 Å². The number of sulfonamides is 1. The van der Waals surface area contributed by atoms with Crippen LogP contribution in [0.4, 0.5) is 5.69 Å². The second-order valence-electron chi connectivity index (χ2n) is 7.78. The summed E-state index contributed by atoms with van der Waals surface area (Å²) in [6.07, 6.45) is 2.50. The lowest BCUT2D eigenvalue weighted by Gasteiger charge is -2.26. The first kappa shape index (κ1) is 24.9. The SMILES string of the molecule is CCCCOC(=O)c1ccc(NC(=O)CCc2ccc(S(=O)(=O)N3CCOCC3)cc2)cc1. The third-order valence-electron chi connectivity index (χ3n) is 5.31. The van der Waals surface area contributed by atoms with Crippen LogP contribution in [0, 0.1) is 0 Å². The number of hydrogen-bond acceptors (Lipinski definition) is 6. The molecule has 1 saturated heterocycles. The van der Waals surface area contributed by atoms with E-state index in [1.54, 1.807) is 48.5 Å². The minimum Gasteiger partial charge on any atom is -0.462 e. The van der Waals surface area contributed by atoms with Gasteiger partial charge in [-0.1, -0.05) is 25.5 Å². The molecule has 0 bridgehead atoms. The van der Waals surface area contributed by atoms with Crippen molar-refractivity contribution in [2.45, 2.75) is 37.5 Å². The van der Waals surface area contributed by atoms with Crippen LogP contribution < -0.4 is 5.32 Å². The first-order valence-electron chi connectivity index (χ1n) is 11.1. The number of hydrogen-bond donors (Lipinski definition) is 1. The third-order valence-corrected chi connectivity index (χ3v) is 7.22. The van der Waals surface area contributed by atoms with Gasteiger partial charge in [-0.3, -0.25) is 4.79 Å². The summed E-state index contributed by atoms with van der Waals surface area (Å²) in [6, 6.07) is 13.2. The number of unbranched alkanes of at least 4 members (excludes halogenated alkanes) is 1. The second kappa shape index (κ2) is 11.9. The molecule has 2 aromatic carbocycles. The molecule has 1 fully saturated rings. The number of rotatable bonds is 10. The van der Waals surface area contributed by atoms with E-state index in [1.165, 1.54) is 4.31 Å². The number of aryl methyl sites for hydroxylation is 1. The monoisotopic (exact) mass is 474 g/mol. The zero-order chi connectivity index (χ0) is 23.7. The predicted molar refractivity (Wildman–Crippen MR) is 125 cm³/mol. The number of benzene rings is 2. The van der Waals surface area contributed by atoms with Crippen molar-refractivity contribution in [2.24, 2.45) is 0 Å². The molecule has 1 N–H and O–H groups in total. The average Bonchev–Trinajstić information content (AvgIpc) is 2.84. The van der Waals surface area contributed by atoms with Crippen LogP contribution in [0.5, 0.6) is 0 Å². The molecule has 0 atom stereocenters. The van der Waals surface area contributed by atoms with Crippen LogP contribution in [-0.2, 0) is 30.7 Å². The van der Waals surface area contributed by atoms with E-state index >= 15 is 0 Å². The fourth-order valence-corrected chi connectivity index (χ4v) is 4.74. The molecule has 0 aliphatic carbocycles. The Hall–Kier alpha value is -2.75. The quantitative estimate of drug-likeness (QED) is 0.419. The van der Waals surface area contributed by atoms with Gasteiger partial charge < -0.3 is 14.8 Å². The number of carbonyl (C=O) groups excluding carboxylic acids is 2. The van der Waals surface area contributed by atoms with Gasteiger partial charge >= 0.3 is 5.97 Å². The fourth-order valence-electron chi connectivity index (χ4n) is 3.33. The van der Waals surface area contributed by atoms with Crippen molar-refractivity contribution < 1.29 is 27.5 Å². The van der Waals surface area contributed by atoms with Gasteiger partial charge in [0.15, 0.2) is 0 Å². The summed E-state index contributed by atoms with van der Waals surface area (Å²) in [6.45, 7) is 3.93. The van der Waals surface area contributed by atoms with Gasteiger partial charge in [0, 0.05) is 25.2 Å². The van der Waals surface area contributed by atoms with E-state index in [0.717, 1.165) is 18.4 Å². The molecular weight excluding hydrogens is 444 g/mol. The van der Waals surface area contributed by atoms with Crippen molar-refractivity contribution in [3.8, 4) is 0 Å². The van der Waals surface area contributed by atoms with Gasteiger partial charge in [-0.05, 0) is 54.8 Å². The highest BCUT2D eigenvalue weighted by Gasteiger charge is 2.26. The molecule has 3 rings (SSSR count). The summed E-state index contributed by atoms with van der Waals surface area (Å²) in [5.41, 5.74) is 1.91. The summed E-state index contributed by atoms with van der Waals surface area (Å²) >= 11 is 0. The number of morpholine rings is 1. The van der Waals surface area contributed by atoms with Crippen molar-refractivity contribution in [3.05, 3.63) is 59.7 Å². The number of nitrogens with one attached hydrogen (secondary N) is 1. The molecule has 178 valence electrons. The minimum atomic E-state index is -3.53. The number of nitrogens with zero attached hydrogens (tertiary/aromatic N) is 1. The maximum absolute atomic E-state index is 12.7. The lowest BCUT2D eigenvalue weighted by atomic mass is 10.1. The van der Waals surface area contributed by atoms with Gasteiger partial charge in [0.05, 0.1) is 30.3 Å². The largest absolute Gasteiger partial charge is 0.462 e. The molecule has 0 aromatic heterocycles. The second-order valence-corrected chi connectivity index (χ2v) is 9.71. The van der Waals surface area contributed by atoms with Crippen LogP contribution in [0.25, 0.3) is 0 Å². The van der Waals surface area contributed by atoms with Gasteiger partial charge in [-0.25, -0.2) is 13.2 Å². The van der Waals surface area contributed by atoms with E-state index in [0.29, 0.717) is 50.6 Å². The van der Waals surface area contributed by atoms with Crippen molar-refractivity contribution in [1.29, 1.82) is 0 Å². The van der Waals surface area contributed by atoms with Gasteiger partial charge in [0.2, 0.25) is 15.9 Å². The van der Waals surface area contributed by atoms with E-state index in [9.17, 15) is 18.0 Å². The predicted octanol–water partition coefficient (Wildman–Crippen LogP) is 3.24. The molecular formula is C24H30N2O6S. The Bertz CT molecular complexity index is 1030. The summed E-state index contributed by atoms with van der Waals surface area (Å²) in [7, 11) is -3.53. The van der Waals surface area contributed by atoms with E-state index < -0.39 is 10.0 Å². The zero-order valence-corrected chi connectivity index (χ0v) is 19.6. The van der Waals surface area contributed by atoms with Crippen molar-refractivity contribution >= 4 is 27.6 Å². The van der Waals surface area contributed by atoms with Crippen molar-refractivity contribution in [3.63, 3.8) is 0 Å². The molecule has 9 heteroatoms. The molecule has 1 heterocycles. The van der Waals surface area contributed by atoms with Gasteiger partial charge in [0.25, 0.3) is 0 Å². The van der Waals surface area contributed by atoms with Crippen LogP contribution >= 0.6 is 0 Å². The molecule has 33 heavy (non-hydrogen) atoms. The summed E-state index contributed by atoms with van der Waals surface area (Å²) in [5.74, 6) is -0.543. The molecule has 1 amide bonds. The third kappa shape index (κ3) is 7.12. The van der Waals surface area contributed by atoms with Crippen LogP contribution in [0.2, 0.25) is 0 Å². The highest BCUT2D eigenvalue weighted by atomic mass is 32.2. The molecule has 8 nitrogen and oxygen atoms in total. The first-order chi connectivity index (χ1) is 15.9. The molecule has 1 aliphatic heterocycles. The molecule has 0 unspecified atom stereocenters. The Kier molecular flexibility index (Phi) is 8.99. The number of carbonyl (C=O) groups is 2. The Morgan fingerprint density at radius 3 is 2.33 bits per heavy atom. The molecule has 1 aliphatic rings. The normalized spacial score (nSPS) is 14.6. The minimum absolute atomic E-state index is 0.168. The first-order valence-corrected chi connectivity index (χ1v) is 12.6. The number of esters is 1. The smallest absolute Gasteiger partial charge is 0.338 e. The molecule has 0 spiro atoms. The Morgan fingerprint density at radius 2 is 1.70 bits per heavy atom. The number of anilines is 1. The van der Waals surface area contributed by atoms with Crippen LogP contribution in [-0.4, -0.2) is 57.5 Å². The van der Waals surface area contributed by atoms with Gasteiger partial charge in [0.1, 0.15) is 0 Å². The zero-order valence-electron chi connectivity index (χ0n) is 18.8. The van der Waals surface area contributed by atoms with Crippen molar-refractivity contribution in [2.75, 3.05) is 38.2 Å². The molecule has 0 radical (unpaired) electrons. The number of amides is 1. The topological polar surface area (TPSA) is 102 Å². The highest BCUT2D eigenvalue weighted by molar-refractivity contribution is 7.89. The van der Waals surface area contributed by atoms with Gasteiger partial charge in [-0.15, -0.1) is 0 Å².